The molecule has 2 N–H and O–H groups in total. The van der Waals surface area contributed by atoms with E-state index in [9.17, 15) is 0 Å². The van der Waals surface area contributed by atoms with Crippen molar-refractivity contribution < 1.29 is 4.74 Å². The van der Waals surface area contributed by atoms with E-state index in [1.165, 1.54) is 31.2 Å². The lowest BCUT2D eigenvalue weighted by molar-refractivity contribution is 0.209. The first-order chi connectivity index (χ1) is 8.29. The summed E-state index contributed by atoms with van der Waals surface area (Å²) in [5, 5.41) is 0. The van der Waals surface area contributed by atoms with Crippen LogP contribution in [0.4, 0.5) is 0 Å². The van der Waals surface area contributed by atoms with Crippen LogP contribution >= 0.6 is 0 Å². The van der Waals surface area contributed by atoms with Gasteiger partial charge in [-0.25, -0.2) is 0 Å². The summed E-state index contributed by atoms with van der Waals surface area (Å²) in [5.41, 5.74) is 7.39. The van der Waals surface area contributed by atoms with Crippen molar-refractivity contribution in [3.05, 3.63) is 29.8 Å². The molecule has 0 amide bonds. The van der Waals surface area contributed by atoms with Crippen LogP contribution in [0.5, 0.6) is 5.75 Å². The van der Waals surface area contributed by atoms with Gasteiger partial charge in [0.05, 0.1) is 6.10 Å². The van der Waals surface area contributed by atoms with Crippen LogP contribution in [0.15, 0.2) is 24.3 Å². The van der Waals surface area contributed by atoms with E-state index >= 15 is 0 Å². The van der Waals surface area contributed by atoms with Crippen molar-refractivity contribution in [1.82, 2.24) is 10.9 Å². The topological polar surface area (TPSA) is 33.3 Å². The third-order valence-corrected chi connectivity index (χ3v) is 3.32. The first-order valence-corrected chi connectivity index (χ1v) is 6.48. The number of nitrogens with one attached hydrogen (secondary N) is 2. The fraction of sp³-hybridized carbons (Fsp3) is 0.571. The minimum atomic E-state index is 0.284. The fourth-order valence-corrected chi connectivity index (χ4v) is 2.36. The summed E-state index contributed by atoms with van der Waals surface area (Å²) in [4.78, 5) is 0. The van der Waals surface area contributed by atoms with Gasteiger partial charge in [-0.3, -0.25) is 10.9 Å². The predicted molar refractivity (Wildman–Crippen MR) is 69.9 cm³/mol. The standard InChI is InChI=1S/C14H22N2O/c1-11(16-15-2)12-6-5-9-14(10-12)17-13-7-3-4-8-13/h5-6,9-11,13,15-16H,3-4,7-8H2,1-2H3/t11-/m1/s1. The highest BCUT2D eigenvalue weighted by Gasteiger charge is 2.16. The van der Waals surface area contributed by atoms with Crippen molar-refractivity contribution in [1.29, 1.82) is 0 Å². The molecule has 1 fully saturated rings. The van der Waals surface area contributed by atoms with E-state index in [2.05, 4.69) is 36.0 Å². The summed E-state index contributed by atoms with van der Waals surface area (Å²) in [6.45, 7) is 2.13. The molecule has 1 saturated carbocycles. The lowest BCUT2D eigenvalue weighted by Gasteiger charge is -2.17. The lowest BCUT2D eigenvalue weighted by Crippen LogP contribution is -2.30. The van der Waals surface area contributed by atoms with Gasteiger partial charge in [-0.05, 0) is 57.4 Å². The zero-order valence-corrected chi connectivity index (χ0v) is 10.7. The fourth-order valence-electron chi connectivity index (χ4n) is 2.36. The van der Waals surface area contributed by atoms with Gasteiger partial charge >= 0.3 is 0 Å². The molecule has 94 valence electrons. The molecule has 0 heterocycles. The van der Waals surface area contributed by atoms with Crippen molar-refractivity contribution >= 4 is 0 Å². The van der Waals surface area contributed by atoms with Gasteiger partial charge in [0, 0.05) is 6.04 Å². The Morgan fingerprint density at radius 2 is 2.06 bits per heavy atom. The van der Waals surface area contributed by atoms with Gasteiger partial charge in [0.25, 0.3) is 0 Å². The third-order valence-electron chi connectivity index (χ3n) is 3.32. The van der Waals surface area contributed by atoms with Gasteiger partial charge in [0.1, 0.15) is 5.75 Å². The van der Waals surface area contributed by atoms with Gasteiger partial charge < -0.3 is 4.74 Å². The average molecular weight is 234 g/mol. The molecule has 0 aromatic heterocycles. The third kappa shape index (κ3) is 3.45. The molecular formula is C14H22N2O. The first kappa shape index (κ1) is 12.4. The Bertz CT molecular complexity index is 348. The minimum Gasteiger partial charge on any atom is -0.490 e. The van der Waals surface area contributed by atoms with Gasteiger partial charge in [-0.2, -0.15) is 0 Å². The Labute approximate surface area is 104 Å². The maximum atomic E-state index is 6.00. The summed E-state index contributed by atoms with van der Waals surface area (Å²) in [7, 11) is 1.88. The van der Waals surface area contributed by atoms with Crippen molar-refractivity contribution in [2.75, 3.05) is 7.05 Å². The van der Waals surface area contributed by atoms with Gasteiger partial charge in [-0.1, -0.05) is 12.1 Å². The van der Waals surface area contributed by atoms with Crippen LogP contribution in [0.25, 0.3) is 0 Å². The molecule has 0 radical (unpaired) electrons. The summed E-state index contributed by atoms with van der Waals surface area (Å²) in [6, 6.07) is 8.65. The average Bonchev–Trinajstić information content (AvgIpc) is 2.82. The quantitative estimate of drug-likeness (QED) is 0.769. The van der Waals surface area contributed by atoms with Crippen LogP contribution < -0.4 is 15.6 Å². The molecule has 0 unspecified atom stereocenters. The number of hydrogen-bond acceptors (Lipinski definition) is 3. The molecule has 1 aromatic carbocycles. The largest absolute Gasteiger partial charge is 0.490 e. The second-order valence-electron chi connectivity index (χ2n) is 4.71. The Kier molecular flexibility index (Phi) is 4.40. The number of hydrazine groups is 1. The summed E-state index contributed by atoms with van der Waals surface area (Å²) in [6.07, 6.45) is 5.45. The molecule has 0 saturated heterocycles. The van der Waals surface area contributed by atoms with E-state index in [1.54, 1.807) is 0 Å². The van der Waals surface area contributed by atoms with Crippen molar-refractivity contribution in [3.8, 4) is 5.75 Å². The van der Waals surface area contributed by atoms with Gasteiger partial charge in [0.2, 0.25) is 0 Å². The SMILES string of the molecule is CNN[C@H](C)c1cccc(OC2CCCC2)c1. The summed E-state index contributed by atoms with van der Waals surface area (Å²) < 4.78 is 6.00. The first-order valence-electron chi connectivity index (χ1n) is 6.48. The van der Waals surface area contributed by atoms with Crippen LogP contribution in [-0.4, -0.2) is 13.2 Å². The second-order valence-corrected chi connectivity index (χ2v) is 4.71. The monoisotopic (exact) mass is 234 g/mol. The van der Waals surface area contributed by atoms with E-state index < -0.39 is 0 Å². The van der Waals surface area contributed by atoms with Crippen LogP contribution in [0.1, 0.15) is 44.2 Å². The van der Waals surface area contributed by atoms with Crippen LogP contribution in [0, 0.1) is 0 Å². The zero-order valence-electron chi connectivity index (χ0n) is 10.7. The maximum absolute atomic E-state index is 6.00. The molecule has 0 aliphatic heterocycles. The normalized spacial score (nSPS) is 18.2. The maximum Gasteiger partial charge on any atom is 0.120 e. The van der Waals surface area contributed by atoms with Gasteiger partial charge in [0.15, 0.2) is 0 Å². The Balaban J connectivity index is 2.00. The van der Waals surface area contributed by atoms with E-state index in [-0.39, 0.29) is 6.04 Å². The van der Waals surface area contributed by atoms with E-state index in [4.69, 9.17) is 4.74 Å². The molecule has 1 atom stereocenters. The molecule has 1 aliphatic carbocycles. The van der Waals surface area contributed by atoms with E-state index in [0.29, 0.717) is 6.10 Å². The van der Waals surface area contributed by atoms with Crippen molar-refractivity contribution in [2.45, 2.75) is 44.8 Å². The minimum absolute atomic E-state index is 0.284. The number of benzene rings is 1. The van der Waals surface area contributed by atoms with Gasteiger partial charge in [-0.15, -0.1) is 0 Å². The Morgan fingerprint density at radius 1 is 1.29 bits per heavy atom. The molecule has 17 heavy (non-hydrogen) atoms. The number of ether oxygens (including phenoxy) is 1. The Hall–Kier alpha value is -1.06. The highest BCUT2D eigenvalue weighted by molar-refractivity contribution is 5.30. The molecule has 2 rings (SSSR count). The highest BCUT2D eigenvalue weighted by atomic mass is 16.5. The predicted octanol–water partition coefficient (Wildman–Crippen LogP) is 2.79. The molecule has 0 spiro atoms. The second kappa shape index (κ2) is 6.03. The molecular weight excluding hydrogens is 212 g/mol. The molecule has 3 nitrogen and oxygen atoms in total. The highest BCUT2D eigenvalue weighted by Crippen LogP contribution is 2.25. The molecule has 3 heteroatoms. The Morgan fingerprint density at radius 3 is 2.76 bits per heavy atom. The van der Waals surface area contributed by atoms with Crippen molar-refractivity contribution in [3.63, 3.8) is 0 Å². The van der Waals surface area contributed by atoms with Crippen LogP contribution in [0.3, 0.4) is 0 Å². The van der Waals surface area contributed by atoms with Crippen LogP contribution in [0.2, 0.25) is 0 Å². The van der Waals surface area contributed by atoms with E-state index in [1.807, 2.05) is 13.1 Å². The zero-order chi connectivity index (χ0) is 12.1. The summed E-state index contributed by atoms with van der Waals surface area (Å²) >= 11 is 0. The summed E-state index contributed by atoms with van der Waals surface area (Å²) in [5.74, 6) is 0.999. The smallest absolute Gasteiger partial charge is 0.120 e. The van der Waals surface area contributed by atoms with Crippen LogP contribution in [-0.2, 0) is 0 Å². The molecule has 1 aliphatic rings. The lowest BCUT2D eigenvalue weighted by atomic mass is 10.1. The molecule has 1 aromatic rings. The number of hydrogen-bond donors (Lipinski definition) is 2. The van der Waals surface area contributed by atoms with E-state index in [0.717, 1.165) is 5.75 Å². The van der Waals surface area contributed by atoms with Crippen molar-refractivity contribution in [2.24, 2.45) is 0 Å². The molecule has 0 bridgehead atoms. The number of rotatable bonds is 5.